The molecular weight excluding hydrogens is 192 g/mol. The Morgan fingerprint density at radius 1 is 1.69 bits per heavy atom. The molecule has 0 radical (unpaired) electrons. The molecule has 0 aliphatic carbocycles. The number of halogens is 1. The van der Waals surface area contributed by atoms with Crippen LogP contribution in [-0.4, -0.2) is 16.6 Å². The highest BCUT2D eigenvalue weighted by atomic mass is 35.5. The molecule has 1 aromatic rings. The fraction of sp³-hybridized carbons (Fsp3) is 0.500. The van der Waals surface area contributed by atoms with Gasteiger partial charge in [0.25, 0.3) is 5.56 Å². The minimum Gasteiger partial charge on any atom is -0.476 e. The number of nitrogens with one attached hydrogen (secondary N) is 1. The number of hydrogen-bond donors (Lipinski definition) is 1. The lowest BCUT2D eigenvalue weighted by molar-refractivity contribution is 0.261. The van der Waals surface area contributed by atoms with Crippen LogP contribution in [0.5, 0.6) is 5.88 Å². The first-order chi connectivity index (χ1) is 6.11. The molecule has 0 bridgehead atoms. The van der Waals surface area contributed by atoms with Gasteiger partial charge < -0.3 is 9.72 Å². The maximum Gasteiger partial charge on any atom is 0.273 e. The number of H-pyrrole nitrogens is 1. The molecule has 0 saturated heterocycles. The highest BCUT2D eigenvalue weighted by Gasteiger charge is 2.06. The lowest BCUT2D eigenvalue weighted by atomic mass is 10.2. The number of aromatic amines is 1. The maximum atomic E-state index is 11.0. The summed E-state index contributed by atoms with van der Waals surface area (Å²) in [5.74, 6) is 0.566. The molecule has 1 rings (SSSR count). The molecule has 0 amide bonds. The number of rotatable bonds is 3. The average molecular weight is 203 g/mol. The van der Waals surface area contributed by atoms with Gasteiger partial charge in [-0.1, -0.05) is 25.4 Å². The quantitative estimate of drug-likeness (QED) is 0.808. The molecular formula is C8H11ClN2O2. The van der Waals surface area contributed by atoms with Crippen molar-refractivity contribution in [2.24, 2.45) is 5.92 Å². The van der Waals surface area contributed by atoms with Gasteiger partial charge in [-0.3, -0.25) is 4.79 Å². The van der Waals surface area contributed by atoms with Crippen molar-refractivity contribution in [2.75, 3.05) is 6.61 Å². The van der Waals surface area contributed by atoms with Crippen LogP contribution in [0.25, 0.3) is 0 Å². The smallest absolute Gasteiger partial charge is 0.273 e. The summed E-state index contributed by atoms with van der Waals surface area (Å²) in [6.45, 7) is 4.50. The molecule has 0 aliphatic heterocycles. The van der Waals surface area contributed by atoms with Crippen LogP contribution in [0.1, 0.15) is 13.8 Å². The van der Waals surface area contributed by atoms with Gasteiger partial charge in [-0.25, -0.2) is 4.98 Å². The maximum absolute atomic E-state index is 11.0. The minimum atomic E-state index is -0.379. The summed E-state index contributed by atoms with van der Waals surface area (Å²) in [4.78, 5) is 17.1. The second-order valence-electron chi connectivity index (χ2n) is 3.06. The zero-order valence-electron chi connectivity index (χ0n) is 7.50. The first-order valence-electron chi connectivity index (χ1n) is 3.97. The van der Waals surface area contributed by atoms with E-state index in [4.69, 9.17) is 16.3 Å². The largest absolute Gasteiger partial charge is 0.476 e. The second kappa shape index (κ2) is 4.28. The molecule has 0 saturated carbocycles. The van der Waals surface area contributed by atoms with Crippen molar-refractivity contribution in [1.82, 2.24) is 9.97 Å². The third-order valence-corrected chi connectivity index (χ3v) is 1.65. The fourth-order valence-corrected chi connectivity index (χ4v) is 0.871. The summed E-state index contributed by atoms with van der Waals surface area (Å²) >= 11 is 5.65. The standard InChI is InChI=1S/C8H11ClN2O2/c1-5(2)3-13-8-6(9)7(12)10-4-11-8/h4-5H,3H2,1-2H3,(H,10,11,12). The van der Waals surface area contributed by atoms with E-state index >= 15 is 0 Å². The van der Waals surface area contributed by atoms with E-state index in [9.17, 15) is 4.79 Å². The van der Waals surface area contributed by atoms with E-state index in [-0.39, 0.29) is 16.5 Å². The molecule has 0 aromatic carbocycles. The molecule has 0 fully saturated rings. The van der Waals surface area contributed by atoms with Gasteiger partial charge in [0.15, 0.2) is 5.02 Å². The minimum absolute atomic E-state index is 0.00292. The Labute approximate surface area is 80.9 Å². The monoisotopic (exact) mass is 202 g/mol. The molecule has 0 unspecified atom stereocenters. The summed E-state index contributed by atoms with van der Waals surface area (Å²) in [7, 11) is 0. The lowest BCUT2D eigenvalue weighted by Gasteiger charge is -2.07. The third-order valence-electron chi connectivity index (χ3n) is 1.32. The van der Waals surface area contributed by atoms with E-state index in [1.165, 1.54) is 6.33 Å². The van der Waals surface area contributed by atoms with Crippen LogP contribution in [-0.2, 0) is 0 Å². The van der Waals surface area contributed by atoms with Crippen LogP contribution < -0.4 is 10.3 Å². The van der Waals surface area contributed by atoms with Crippen molar-refractivity contribution in [3.05, 3.63) is 21.7 Å². The van der Waals surface area contributed by atoms with E-state index in [2.05, 4.69) is 9.97 Å². The van der Waals surface area contributed by atoms with Gasteiger partial charge >= 0.3 is 0 Å². The topological polar surface area (TPSA) is 55.0 Å². The number of ether oxygens (including phenoxy) is 1. The highest BCUT2D eigenvalue weighted by molar-refractivity contribution is 6.31. The molecule has 0 spiro atoms. The first-order valence-corrected chi connectivity index (χ1v) is 4.35. The Bertz CT molecular complexity index is 335. The van der Waals surface area contributed by atoms with Crippen LogP contribution in [0.3, 0.4) is 0 Å². The Hall–Kier alpha value is -1.03. The number of nitrogens with zero attached hydrogens (tertiary/aromatic N) is 1. The Kier molecular flexibility index (Phi) is 3.31. The van der Waals surface area contributed by atoms with Crippen LogP contribution >= 0.6 is 11.6 Å². The lowest BCUT2D eigenvalue weighted by Crippen LogP contribution is -2.12. The Morgan fingerprint density at radius 2 is 2.38 bits per heavy atom. The molecule has 72 valence electrons. The van der Waals surface area contributed by atoms with Crippen LogP contribution in [0.2, 0.25) is 5.02 Å². The highest BCUT2D eigenvalue weighted by Crippen LogP contribution is 2.15. The summed E-state index contributed by atoms with van der Waals surface area (Å²) in [6.07, 6.45) is 1.27. The number of hydrogen-bond acceptors (Lipinski definition) is 3. The van der Waals surface area contributed by atoms with Crippen LogP contribution in [0.15, 0.2) is 11.1 Å². The van der Waals surface area contributed by atoms with Crippen LogP contribution in [0, 0.1) is 5.92 Å². The van der Waals surface area contributed by atoms with Crippen molar-refractivity contribution in [2.45, 2.75) is 13.8 Å². The first kappa shape index (κ1) is 10.1. The van der Waals surface area contributed by atoms with Crippen molar-refractivity contribution in [3.8, 4) is 5.88 Å². The van der Waals surface area contributed by atoms with Crippen molar-refractivity contribution in [1.29, 1.82) is 0 Å². The number of aromatic nitrogens is 2. The zero-order chi connectivity index (χ0) is 9.84. The van der Waals surface area contributed by atoms with Gasteiger partial charge in [-0.15, -0.1) is 0 Å². The Balaban J connectivity index is 2.77. The van der Waals surface area contributed by atoms with E-state index in [0.717, 1.165) is 0 Å². The second-order valence-corrected chi connectivity index (χ2v) is 3.43. The summed E-state index contributed by atoms with van der Waals surface area (Å²) in [5, 5.41) is 0.00292. The molecule has 1 aromatic heterocycles. The third kappa shape index (κ3) is 2.73. The van der Waals surface area contributed by atoms with Crippen molar-refractivity contribution < 1.29 is 4.74 Å². The molecule has 4 nitrogen and oxygen atoms in total. The summed E-state index contributed by atoms with van der Waals surface area (Å²) in [5.41, 5.74) is -0.379. The van der Waals surface area contributed by atoms with E-state index in [1.807, 2.05) is 13.8 Å². The SMILES string of the molecule is CC(C)COc1nc[nH]c(=O)c1Cl. The average Bonchev–Trinajstić information content (AvgIpc) is 2.07. The molecule has 0 atom stereocenters. The summed E-state index contributed by atoms with van der Waals surface area (Å²) in [6, 6.07) is 0. The molecule has 13 heavy (non-hydrogen) atoms. The van der Waals surface area contributed by atoms with Crippen LogP contribution in [0.4, 0.5) is 0 Å². The molecule has 1 heterocycles. The molecule has 0 aliphatic rings. The van der Waals surface area contributed by atoms with Gasteiger partial charge in [-0.2, -0.15) is 0 Å². The van der Waals surface area contributed by atoms with Gasteiger partial charge in [0.2, 0.25) is 5.88 Å². The normalized spacial score (nSPS) is 10.5. The predicted octanol–water partition coefficient (Wildman–Crippen LogP) is 1.46. The van der Waals surface area contributed by atoms with Gasteiger partial charge in [0, 0.05) is 0 Å². The van der Waals surface area contributed by atoms with Crippen molar-refractivity contribution >= 4 is 11.6 Å². The van der Waals surface area contributed by atoms with E-state index in [1.54, 1.807) is 0 Å². The van der Waals surface area contributed by atoms with Gasteiger partial charge in [-0.05, 0) is 5.92 Å². The van der Waals surface area contributed by atoms with E-state index in [0.29, 0.717) is 12.5 Å². The molecule has 1 N–H and O–H groups in total. The zero-order valence-corrected chi connectivity index (χ0v) is 8.26. The molecule has 5 heteroatoms. The van der Waals surface area contributed by atoms with Crippen molar-refractivity contribution in [3.63, 3.8) is 0 Å². The summed E-state index contributed by atoms with van der Waals surface area (Å²) < 4.78 is 5.22. The Morgan fingerprint density at radius 3 is 3.00 bits per heavy atom. The predicted molar refractivity (Wildman–Crippen MR) is 50.2 cm³/mol. The van der Waals surface area contributed by atoms with Gasteiger partial charge in [0.1, 0.15) is 0 Å². The van der Waals surface area contributed by atoms with Gasteiger partial charge in [0.05, 0.1) is 12.9 Å². The van der Waals surface area contributed by atoms with E-state index < -0.39 is 0 Å². The fourth-order valence-electron chi connectivity index (χ4n) is 0.713.